The van der Waals surface area contributed by atoms with Gasteiger partial charge in [0.15, 0.2) is 0 Å². The molecule has 1 aliphatic heterocycles. The molecule has 1 heterocycles. The van der Waals surface area contributed by atoms with Gasteiger partial charge in [0, 0.05) is 12.5 Å². The Bertz CT molecular complexity index is 607. The maximum absolute atomic E-state index is 11.5. The second kappa shape index (κ2) is 6.10. The third-order valence-corrected chi connectivity index (χ3v) is 3.90. The van der Waals surface area contributed by atoms with E-state index in [-0.39, 0.29) is 18.1 Å². The minimum absolute atomic E-state index is 0.130. The predicted molar refractivity (Wildman–Crippen MR) is 82.8 cm³/mol. The zero-order valence-electron chi connectivity index (χ0n) is 12.1. The van der Waals surface area contributed by atoms with Crippen LogP contribution in [0, 0.1) is 0 Å². The highest BCUT2D eigenvalue weighted by Gasteiger charge is 2.27. The number of cyclic esters (lactones) is 1. The van der Waals surface area contributed by atoms with Gasteiger partial charge in [-0.2, -0.15) is 0 Å². The molecule has 0 saturated carbocycles. The van der Waals surface area contributed by atoms with Gasteiger partial charge >= 0.3 is 5.97 Å². The Morgan fingerprint density at radius 3 is 2.33 bits per heavy atom. The van der Waals surface area contributed by atoms with Crippen molar-refractivity contribution in [3.05, 3.63) is 60.2 Å². The fourth-order valence-corrected chi connectivity index (χ4v) is 2.64. The van der Waals surface area contributed by atoms with Crippen molar-refractivity contribution in [2.45, 2.75) is 25.4 Å². The van der Waals surface area contributed by atoms with Crippen molar-refractivity contribution in [2.24, 2.45) is 0 Å². The quantitative estimate of drug-likeness (QED) is 0.874. The first-order chi connectivity index (χ1) is 10.2. The summed E-state index contributed by atoms with van der Waals surface area (Å²) in [5.41, 5.74) is 3.59. The van der Waals surface area contributed by atoms with Crippen molar-refractivity contribution < 1.29 is 9.53 Å². The Hall–Kier alpha value is -2.13. The number of benzene rings is 2. The highest BCUT2D eigenvalue weighted by Crippen LogP contribution is 2.22. The van der Waals surface area contributed by atoms with Crippen LogP contribution in [0.4, 0.5) is 0 Å². The lowest BCUT2D eigenvalue weighted by Gasteiger charge is -2.17. The Morgan fingerprint density at radius 2 is 1.71 bits per heavy atom. The van der Waals surface area contributed by atoms with Crippen LogP contribution in [-0.4, -0.2) is 18.6 Å². The van der Waals surface area contributed by atoms with Gasteiger partial charge in [0.05, 0.1) is 6.61 Å². The van der Waals surface area contributed by atoms with E-state index in [1.165, 1.54) is 16.7 Å². The van der Waals surface area contributed by atoms with Gasteiger partial charge in [0.2, 0.25) is 0 Å². The molecule has 3 rings (SSSR count). The average Bonchev–Trinajstić information content (AvgIpc) is 2.93. The van der Waals surface area contributed by atoms with Crippen LogP contribution in [0.25, 0.3) is 11.1 Å². The summed E-state index contributed by atoms with van der Waals surface area (Å²) >= 11 is 0. The molecule has 1 fully saturated rings. The summed E-state index contributed by atoms with van der Waals surface area (Å²) in [7, 11) is 0. The molecule has 0 aromatic heterocycles. The highest BCUT2D eigenvalue weighted by molar-refractivity contribution is 5.77. The monoisotopic (exact) mass is 281 g/mol. The second-order valence-electron chi connectivity index (χ2n) is 5.39. The molecule has 0 aliphatic carbocycles. The minimum atomic E-state index is -0.172. The molecule has 0 amide bonds. The number of rotatable bonds is 4. The second-order valence-corrected chi connectivity index (χ2v) is 5.39. The van der Waals surface area contributed by atoms with E-state index in [4.69, 9.17) is 4.74 Å². The number of hydrogen-bond donors (Lipinski definition) is 1. The molecule has 2 aromatic rings. The smallest absolute Gasteiger partial charge is 0.323 e. The normalized spacial score (nSPS) is 19.3. The summed E-state index contributed by atoms with van der Waals surface area (Å²) < 4.78 is 4.98. The third-order valence-electron chi connectivity index (χ3n) is 3.90. The lowest BCUT2D eigenvalue weighted by Crippen LogP contribution is -2.34. The average molecular weight is 281 g/mol. The molecule has 3 nitrogen and oxygen atoms in total. The van der Waals surface area contributed by atoms with Gasteiger partial charge in [-0.15, -0.1) is 0 Å². The maximum Gasteiger partial charge on any atom is 0.323 e. The van der Waals surface area contributed by atoms with Crippen LogP contribution >= 0.6 is 0 Å². The van der Waals surface area contributed by atoms with Gasteiger partial charge in [-0.05, 0) is 23.6 Å². The molecule has 0 bridgehead atoms. The van der Waals surface area contributed by atoms with Crippen LogP contribution in [0.1, 0.15) is 24.9 Å². The van der Waals surface area contributed by atoms with Crippen molar-refractivity contribution in [3.8, 4) is 11.1 Å². The Kier molecular flexibility index (Phi) is 4.02. The van der Waals surface area contributed by atoms with Crippen molar-refractivity contribution in [1.82, 2.24) is 5.32 Å². The fourth-order valence-electron chi connectivity index (χ4n) is 2.64. The van der Waals surface area contributed by atoms with Gasteiger partial charge in [-0.3, -0.25) is 10.1 Å². The molecule has 2 unspecified atom stereocenters. The molecular formula is C18H19NO2. The van der Waals surface area contributed by atoms with E-state index in [0.29, 0.717) is 6.61 Å². The van der Waals surface area contributed by atoms with Gasteiger partial charge < -0.3 is 4.74 Å². The van der Waals surface area contributed by atoms with Crippen LogP contribution in [0.15, 0.2) is 54.6 Å². The van der Waals surface area contributed by atoms with Crippen molar-refractivity contribution in [1.29, 1.82) is 0 Å². The van der Waals surface area contributed by atoms with E-state index in [2.05, 4.69) is 48.6 Å². The van der Waals surface area contributed by atoms with Crippen molar-refractivity contribution in [3.63, 3.8) is 0 Å². The van der Waals surface area contributed by atoms with E-state index in [1.54, 1.807) is 0 Å². The van der Waals surface area contributed by atoms with E-state index in [0.717, 1.165) is 6.42 Å². The third kappa shape index (κ3) is 3.14. The zero-order valence-corrected chi connectivity index (χ0v) is 12.1. The van der Waals surface area contributed by atoms with E-state index in [1.807, 2.05) is 18.2 Å². The summed E-state index contributed by atoms with van der Waals surface area (Å²) in [6.45, 7) is 2.60. The number of esters is 1. The first-order valence-electron chi connectivity index (χ1n) is 7.32. The summed E-state index contributed by atoms with van der Waals surface area (Å²) in [4.78, 5) is 11.5. The Balaban J connectivity index is 1.70. The fraction of sp³-hybridized carbons (Fsp3) is 0.278. The maximum atomic E-state index is 11.5. The highest BCUT2D eigenvalue weighted by atomic mass is 16.5. The molecule has 0 spiro atoms. The molecule has 2 atom stereocenters. The predicted octanol–water partition coefficient (Wildman–Crippen LogP) is 3.32. The van der Waals surface area contributed by atoms with Crippen molar-refractivity contribution >= 4 is 5.97 Å². The number of ether oxygens (including phenoxy) is 1. The summed E-state index contributed by atoms with van der Waals surface area (Å²) in [6.07, 6.45) is 0.755. The van der Waals surface area contributed by atoms with Crippen molar-refractivity contribution in [2.75, 3.05) is 6.61 Å². The topological polar surface area (TPSA) is 38.3 Å². The largest absolute Gasteiger partial charge is 0.464 e. The van der Waals surface area contributed by atoms with Crippen LogP contribution in [-0.2, 0) is 9.53 Å². The Labute approximate surface area is 124 Å². The lowest BCUT2D eigenvalue weighted by molar-refractivity contribution is -0.139. The van der Waals surface area contributed by atoms with Gasteiger partial charge in [-0.1, -0.05) is 54.6 Å². The summed E-state index contributed by atoms with van der Waals surface area (Å²) in [5.74, 6) is -0.136. The van der Waals surface area contributed by atoms with Crippen LogP contribution < -0.4 is 5.32 Å². The Morgan fingerprint density at radius 1 is 1.05 bits per heavy atom. The first-order valence-corrected chi connectivity index (χ1v) is 7.32. The summed E-state index contributed by atoms with van der Waals surface area (Å²) in [6, 6.07) is 18.7. The first kappa shape index (κ1) is 13.8. The van der Waals surface area contributed by atoms with Gasteiger partial charge in [0.25, 0.3) is 0 Å². The van der Waals surface area contributed by atoms with Gasteiger partial charge in [0.1, 0.15) is 6.04 Å². The molecular weight excluding hydrogens is 262 g/mol. The standard InChI is InChI=1S/C18H19NO2/c1-13(19-17-11-12-21-18(17)20)14-7-9-16(10-8-14)15-5-3-2-4-6-15/h2-10,13,17,19H,11-12H2,1H3. The number of hydrogen-bond acceptors (Lipinski definition) is 3. The number of carbonyl (C=O) groups excluding carboxylic acids is 1. The molecule has 1 saturated heterocycles. The number of nitrogens with one attached hydrogen (secondary N) is 1. The molecule has 2 aromatic carbocycles. The van der Waals surface area contributed by atoms with E-state index < -0.39 is 0 Å². The summed E-state index contributed by atoms with van der Waals surface area (Å²) in [5, 5.41) is 3.33. The molecule has 1 aliphatic rings. The lowest BCUT2D eigenvalue weighted by atomic mass is 10.0. The van der Waals surface area contributed by atoms with Crippen LogP contribution in [0.2, 0.25) is 0 Å². The van der Waals surface area contributed by atoms with Gasteiger partial charge in [-0.25, -0.2) is 0 Å². The molecule has 3 heteroatoms. The molecule has 0 radical (unpaired) electrons. The molecule has 21 heavy (non-hydrogen) atoms. The molecule has 108 valence electrons. The molecule has 1 N–H and O–H groups in total. The van der Waals surface area contributed by atoms with Crippen LogP contribution in [0.5, 0.6) is 0 Å². The van der Waals surface area contributed by atoms with E-state index >= 15 is 0 Å². The van der Waals surface area contributed by atoms with Crippen LogP contribution in [0.3, 0.4) is 0 Å². The zero-order chi connectivity index (χ0) is 14.7. The minimum Gasteiger partial charge on any atom is -0.464 e. The SMILES string of the molecule is CC(NC1CCOC1=O)c1ccc(-c2ccccc2)cc1. The van der Waals surface area contributed by atoms with E-state index in [9.17, 15) is 4.79 Å². The number of carbonyl (C=O) groups is 1.